The van der Waals surface area contributed by atoms with Crippen molar-refractivity contribution in [3.63, 3.8) is 0 Å². The molecule has 3 N–H and O–H groups in total. The van der Waals surface area contributed by atoms with Crippen LogP contribution >= 0.6 is 11.6 Å². The van der Waals surface area contributed by atoms with Crippen molar-refractivity contribution >= 4 is 11.6 Å². The molecule has 7 heteroatoms. The van der Waals surface area contributed by atoms with Crippen molar-refractivity contribution in [2.45, 2.75) is 6.04 Å². The third kappa shape index (κ3) is 2.44. The molecule has 0 aliphatic carbocycles. The van der Waals surface area contributed by atoms with Crippen LogP contribution in [-0.4, -0.2) is 21.9 Å². The number of benzene rings is 1. The largest absolute Gasteiger partial charge is 0.394 e. The zero-order valence-corrected chi connectivity index (χ0v) is 9.36. The Morgan fingerprint density at radius 1 is 1.53 bits per heavy atom. The molecule has 1 atom stereocenters. The summed E-state index contributed by atoms with van der Waals surface area (Å²) in [6.45, 7) is -0.322. The number of nitrogens with two attached hydrogens (primary N) is 1. The van der Waals surface area contributed by atoms with E-state index in [2.05, 4.69) is 10.1 Å². The van der Waals surface area contributed by atoms with Crippen molar-refractivity contribution in [3.05, 3.63) is 34.9 Å². The molecule has 2 aromatic rings. The van der Waals surface area contributed by atoms with Gasteiger partial charge in [-0.15, -0.1) is 0 Å². The predicted octanol–water partition coefficient (Wildman–Crippen LogP) is 1.52. The number of nitrogens with zero attached hydrogens (tertiary/aromatic N) is 2. The third-order valence-corrected chi connectivity index (χ3v) is 2.36. The average Bonchev–Trinajstić information content (AvgIpc) is 2.80. The van der Waals surface area contributed by atoms with Crippen LogP contribution in [0, 0.1) is 5.82 Å². The molecule has 0 spiro atoms. The van der Waals surface area contributed by atoms with Gasteiger partial charge in [0.1, 0.15) is 5.82 Å². The molecule has 0 aliphatic rings. The van der Waals surface area contributed by atoms with E-state index in [1.54, 1.807) is 0 Å². The SMILES string of the molecule is NC(CO)c1noc(-c2cc(Cl)ccc2F)n1. The van der Waals surface area contributed by atoms with Crippen molar-refractivity contribution in [3.8, 4) is 11.5 Å². The summed E-state index contributed by atoms with van der Waals surface area (Å²) in [5.41, 5.74) is 5.60. The van der Waals surface area contributed by atoms with Crippen LogP contribution < -0.4 is 5.73 Å². The van der Waals surface area contributed by atoms with Crippen LogP contribution in [0.15, 0.2) is 22.7 Å². The van der Waals surface area contributed by atoms with Gasteiger partial charge in [-0.2, -0.15) is 4.98 Å². The van der Waals surface area contributed by atoms with E-state index in [0.717, 1.165) is 0 Å². The summed E-state index contributed by atoms with van der Waals surface area (Å²) in [7, 11) is 0. The van der Waals surface area contributed by atoms with Crippen molar-refractivity contribution < 1.29 is 14.0 Å². The monoisotopic (exact) mass is 257 g/mol. The first-order chi connectivity index (χ1) is 8.11. The van der Waals surface area contributed by atoms with Gasteiger partial charge in [-0.05, 0) is 18.2 Å². The Kier molecular flexibility index (Phi) is 3.37. The molecule has 1 aromatic heterocycles. The van der Waals surface area contributed by atoms with Crippen LogP contribution in [0.1, 0.15) is 11.9 Å². The summed E-state index contributed by atoms with van der Waals surface area (Å²) in [4.78, 5) is 3.89. The maximum Gasteiger partial charge on any atom is 0.261 e. The number of hydrogen-bond acceptors (Lipinski definition) is 5. The lowest BCUT2D eigenvalue weighted by Gasteiger charge is -1.99. The zero-order chi connectivity index (χ0) is 12.4. The molecule has 0 saturated carbocycles. The van der Waals surface area contributed by atoms with Crippen molar-refractivity contribution in [1.29, 1.82) is 0 Å². The second-order valence-corrected chi connectivity index (χ2v) is 3.81. The van der Waals surface area contributed by atoms with E-state index in [-0.39, 0.29) is 23.9 Å². The topological polar surface area (TPSA) is 85.2 Å². The van der Waals surface area contributed by atoms with Crippen LogP contribution in [-0.2, 0) is 0 Å². The fourth-order valence-corrected chi connectivity index (χ4v) is 1.41. The first-order valence-electron chi connectivity index (χ1n) is 4.77. The first kappa shape index (κ1) is 12.0. The van der Waals surface area contributed by atoms with Crippen LogP contribution in [0.2, 0.25) is 5.02 Å². The summed E-state index contributed by atoms with van der Waals surface area (Å²) >= 11 is 5.74. The van der Waals surface area contributed by atoms with Gasteiger partial charge in [0, 0.05) is 5.02 Å². The van der Waals surface area contributed by atoms with Crippen molar-refractivity contribution in [1.82, 2.24) is 10.1 Å². The minimum atomic E-state index is -0.755. The van der Waals surface area contributed by atoms with Crippen LogP contribution in [0.4, 0.5) is 4.39 Å². The highest BCUT2D eigenvalue weighted by Crippen LogP contribution is 2.25. The Morgan fingerprint density at radius 3 is 3.00 bits per heavy atom. The summed E-state index contributed by atoms with van der Waals surface area (Å²) in [6, 6.07) is 3.23. The Labute approximate surface area is 101 Å². The average molecular weight is 258 g/mol. The van der Waals surface area contributed by atoms with Gasteiger partial charge in [0.15, 0.2) is 5.82 Å². The van der Waals surface area contributed by atoms with E-state index in [4.69, 9.17) is 27.0 Å². The second-order valence-electron chi connectivity index (χ2n) is 3.37. The van der Waals surface area contributed by atoms with Crippen molar-refractivity contribution in [2.75, 3.05) is 6.61 Å². The number of halogens is 2. The Balaban J connectivity index is 2.40. The molecule has 5 nitrogen and oxygen atoms in total. The molecule has 17 heavy (non-hydrogen) atoms. The quantitative estimate of drug-likeness (QED) is 0.871. The van der Waals surface area contributed by atoms with Gasteiger partial charge in [-0.1, -0.05) is 16.8 Å². The minimum Gasteiger partial charge on any atom is -0.394 e. The molecule has 1 unspecified atom stereocenters. The van der Waals surface area contributed by atoms with Gasteiger partial charge in [0.05, 0.1) is 18.2 Å². The van der Waals surface area contributed by atoms with Gasteiger partial charge < -0.3 is 15.4 Å². The first-order valence-corrected chi connectivity index (χ1v) is 5.15. The lowest BCUT2D eigenvalue weighted by molar-refractivity contribution is 0.260. The molecule has 0 radical (unpaired) electrons. The molecule has 1 heterocycles. The molecular weight excluding hydrogens is 249 g/mol. The molecule has 2 rings (SSSR count). The van der Waals surface area contributed by atoms with E-state index < -0.39 is 11.9 Å². The van der Waals surface area contributed by atoms with Gasteiger partial charge in [-0.25, -0.2) is 4.39 Å². The number of aliphatic hydroxyl groups excluding tert-OH is 1. The van der Waals surface area contributed by atoms with Gasteiger partial charge in [-0.3, -0.25) is 0 Å². The number of hydrogen-bond donors (Lipinski definition) is 2. The molecule has 0 fully saturated rings. The fraction of sp³-hybridized carbons (Fsp3) is 0.200. The van der Waals surface area contributed by atoms with E-state index in [1.807, 2.05) is 0 Å². The molecule has 90 valence electrons. The molecule has 0 saturated heterocycles. The van der Waals surface area contributed by atoms with Gasteiger partial charge in [0.2, 0.25) is 0 Å². The van der Waals surface area contributed by atoms with E-state index in [1.165, 1.54) is 18.2 Å². The molecular formula is C10H9ClFN3O2. The summed E-state index contributed by atoms with van der Waals surface area (Å²) < 4.78 is 18.3. The predicted molar refractivity (Wildman–Crippen MR) is 58.7 cm³/mol. The van der Waals surface area contributed by atoms with Gasteiger partial charge in [0.25, 0.3) is 5.89 Å². The van der Waals surface area contributed by atoms with Gasteiger partial charge >= 0.3 is 0 Å². The lowest BCUT2D eigenvalue weighted by atomic mass is 10.2. The summed E-state index contributed by atoms with van der Waals surface area (Å²) in [6.07, 6.45) is 0. The zero-order valence-electron chi connectivity index (χ0n) is 8.60. The summed E-state index contributed by atoms with van der Waals surface area (Å²) in [5.74, 6) is -0.437. The minimum absolute atomic E-state index is 0.0242. The Hall–Kier alpha value is -1.50. The standard InChI is InChI=1S/C10H9ClFN3O2/c11-5-1-2-7(12)6(3-5)10-14-9(15-17-10)8(13)4-16/h1-3,8,16H,4,13H2. The van der Waals surface area contributed by atoms with Crippen LogP contribution in [0.5, 0.6) is 0 Å². The molecule has 1 aromatic carbocycles. The maximum absolute atomic E-state index is 13.5. The number of aliphatic hydroxyl groups is 1. The molecule has 0 aliphatic heterocycles. The lowest BCUT2D eigenvalue weighted by Crippen LogP contribution is -2.15. The highest BCUT2D eigenvalue weighted by Gasteiger charge is 2.17. The van der Waals surface area contributed by atoms with Crippen LogP contribution in [0.25, 0.3) is 11.5 Å². The smallest absolute Gasteiger partial charge is 0.261 e. The number of aromatic nitrogens is 2. The second kappa shape index (κ2) is 4.79. The highest BCUT2D eigenvalue weighted by molar-refractivity contribution is 6.30. The van der Waals surface area contributed by atoms with Crippen molar-refractivity contribution in [2.24, 2.45) is 5.73 Å². The normalized spacial score (nSPS) is 12.7. The third-order valence-electron chi connectivity index (χ3n) is 2.13. The van der Waals surface area contributed by atoms with E-state index in [9.17, 15) is 4.39 Å². The Bertz CT molecular complexity index is 532. The Morgan fingerprint density at radius 2 is 2.29 bits per heavy atom. The van der Waals surface area contributed by atoms with E-state index in [0.29, 0.717) is 5.02 Å². The summed E-state index contributed by atoms with van der Waals surface area (Å²) in [5, 5.41) is 12.7. The number of rotatable bonds is 3. The fourth-order valence-electron chi connectivity index (χ4n) is 1.24. The maximum atomic E-state index is 13.5. The molecule has 0 bridgehead atoms. The highest BCUT2D eigenvalue weighted by atomic mass is 35.5. The van der Waals surface area contributed by atoms with E-state index >= 15 is 0 Å². The molecule has 0 amide bonds. The van der Waals surface area contributed by atoms with Crippen LogP contribution in [0.3, 0.4) is 0 Å².